The molecule has 3 nitrogen and oxygen atoms in total. The molecule has 1 heterocycles. The SMILES string of the molecule is CN1c2ccccc2C(C(=O)Oc2ccc(F)cc2)c2ccccc21. The number of ether oxygens (including phenoxy) is 1. The fourth-order valence-corrected chi connectivity index (χ4v) is 3.30. The second-order valence-corrected chi connectivity index (χ2v) is 5.98. The molecule has 0 spiro atoms. The van der Waals surface area contributed by atoms with E-state index < -0.39 is 5.92 Å². The van der Waals surface area contributed by atoms with Gasteiger partial charge in [-0.15, -0.1) is 0 Å². The molecule has 0 saturated carbocycles. The number of anilines is 2. The van der Waals surface area contributed by atoms with Gasteiger partial charge in [0.2, 0.25) is 0 Å². The lowest BCUT2D eigenvalue weighted by Crippen LogP contribution is -2.28. The largest absolute Gasteiger partial charge is 0.426 e. The van der Waals surface area contributed by atoms with Crippen molar-refractivity contribution in [3.05, 3.63) is 89.7 Å². The summed E-state index contributed by atoms with van der Waals surface area (Å²) in [5.74, 6) is -0.927. The van der Waals surface area contributed by atoms with Crippen LogP contribution in [0.4, 0.5) is 15.8 Å². The Balaban J connectivity index is 1.77. The molecular formula is C21H16FNO2. The van der Waals surface area contributed by atoms with E-state index in [-0.39, 0.29) is 11.8 Å². The van der Waals surface area contributed by atoms with E-state index in [2.05, 4.69) is 4.90 Å². The minimum atomic E-state index is -0.520. The number of benzene rings is 3. The summed E-state index contributed by atoms with van der Waals surface area (Å²) in [5, 5.41) is 0. The molecule has 4 heteroatoms. The van der Waals surface area contributed by atoms with Crippen LogP contribution in [0.25, 0.3) is 0 Å². The molecule has 0 amide bonds. The summed E-state index contributed by atoms with van der Waals surface area (Å²) in [5.41, 5.74) is 3.75. The highest BCUT2D eigenvalue weighted by Crippen LogP contribution is 2.44. The molecular weight excluding hydrogens is 317 g/mol. The van der Waals surface area contributed by atoms with Crippen LogP contribution in [0.3, 0.4) is 0 Å². The first kappa shape index (κ1) is 15.4. The second-order valence-electron chi connectivity index (χ2n) is 5.98. The summed E-state index contributed by atoms with van der Waals surface area (Å²) in [6.07, 6.45) is 0. The third kappa shape index (κ3) is 2.66. The van der Waals surface area contributed by atoms with Gasteiger partial charge in [0.25, 0.3) is 0 Å². The Kier molecular flexibility index (Phi) is 3.73. The minimum Gasteiger partial charge on any atom is -0.426 e. The summed E-state index contributed by atoms with van der Waals surface area (Å²) in [6.45, 7) is 0. The van der Waals surface area contributed by atoms with Crippen molar-refractivity contribution in [1.29, 1.82) is 0 Å². The van der Waals surface area contributed by atoms with Crippen LogP contribution in [0.5, 0.6) is 5.75 Å². The van der Waals surface area contributed by atoms with E-state index in [1.165, 1.54) is 24.3 Å². The Bertz CT molecular complexity index is 889. The normalized spacial score (nSPS) is 13.1. The fourth-order valence-electron chi connectivity index (χ4n) is 3.30. The summed E-state index contributed by atoms with van der Waals surface area (Å²) < 4.78 is 18.6. The lowest BCUT2D eigenvalue weighted by molar-refractivity contribution is -0.135. The summed E-state index contributed by atoms with van der Waals surface area (Å²) in [4.78, 5) is 15.0. The van der Waals surface area contributed by atoms with E-state index in [1.54, 1.807) is 0 Å². The van der Waals surface area contributed by atoms with E-state index in [0.29, 0.717) is 5.75 Å². The molecule has 3 aromatic carbocycles. The van der Waals surface area contributed by atoms with Gasteiger partial charge in [0, 0.05) is 18.4 Å². The van der Waals surface area contributed by atoms with Crippen molar-refractivity contribution < 1.29 is 13.9 Å². The van der Waals surface area contributed by atoms with Crippen molar-refractivity contribution in [1.82, 2.24) is 0 Å². The number of hydrogen-bond acceptors (Lipinski definition) is 3. The summed E-state index contributed by atoms with van der Waals surface area (Å²) in [7, 11) is 1.99. The number of halogens is 1. The van der Waals surface area contributed by atoms with Crippen LogP contribution in [0.2, 0.25) is 0 Å². The molecule has 0 unspecified atom stereocenters. The minimum absolute atomic E-state index is 0.334. The molecule has 1 aliphatic rings. The maximum atomic E-state index is 13.1. The van der Waals surface area contributed by atoms with Crippen LogP contribution in [0, 0.1) is 5.82 Å². The third-order valence-corrected chi connectivity index (χ3v) is 4.49. The number of carbonyl (C=O) groups excluding carboxylic acids is 1. The molecule has 0 atom stereocenters. The molecule has 0 N–H and O–H groups in total. The van der Waals surface area contributed by atoms with Gasteiger partial charge in [0.15, 0.2) is 0 Å². The molecule has 1 aliphatic heterocycles. The quantitative estimate of drug-likeness (QED) is 0.505. The second kappa shape index (κ2) is 6.06. The summed E-state index contributed by atoms with van der Waals surface area (Å²) in [6, 6.07) is 21.1. The summed E-state index contributed by atoms with van der Waals surface area (Å²) >= 11 is 0. The zero-order chi connectivity index (χ0) is 17.4. The molecule has 4 rings (SSSR count). The van der Waals surface area contributed by atoms with Crippen LogP contribution in [0.1, 0.15) is 17.0 Å². The first-order valence-electron chi connectivity index (χ1n) is 8.04. The van der Waals surface area contributed by atoms with Crippen molar-refractivity contribution in [3.8, 4) is 5.75 Å². The predicted octanol–water partition coefficient (Wildman–Crippen LogP) is 4.64. The van der Waals surface area contributed by atoms with Gasteiger partial charge in [0.05, 0.1) is 0 Å². The van der Waals surface area contributed by atoms with Crippen molar-refractivity contribution >= 4 is 17.3 Å². The number of fused-ring (bicyclic) bond motifs is 2. The zero-order valence-corrected chi connectivity index (χ0v) is 13.6. The highest BCUT2D eigenvalue weighted by atomic mass is 19.1. The van der Waals surface area contributed by atoms with Crippen LogP contribution in [0.15, 0.2) is 72.8 Å². The Labute approximate surface area is 145 Å². The van der Waals surface area contributed by atoms with Gasteiger partial charge < -0.3 is 9.64 Å². The molecule has 3 aromatic rings. The van der Waals surface area contributed by atoms with Gasteiger partial charge in [-0.3, -0.25) is 4.79 Å². The van der Waals surface area contributed by atoms with Gasteiger partial charge >= 0.3 is 5.97 Å². The highest BCUT2D eigenvalue weighted by molar-refractivity contribution is 5.92. The lowest BCUT2D eigenvalue weighted by Gasteiger charge is -2.34. The molecule has 0 saturated heterocycles. The van der Waals surface area contributed by atoms with Gasteiger partial charge in [-0.25, -0.2) is 4.39 Å². The highest BCUT2D eigenvalue weighted by Gasteiger charge is 2.34. The predicted molar refractivity (Wildman–Crippen MR) is 94.8 cm³/mol. The average molecular weight is 333 g/mol. The fraction of sp³-hybridized carbons (Fsp3) is 0.0952. The van der Waals surface area contributed by atoms with Crippen LogP contribution in [-0.4, -0.2) is 13.0 Å². The average Bonchev–Trinajstić information content (AvgIpc) is 2.64. The molecule has 0 radical (unpaired) electrons. The standard InChI is InChI=1S/C21H16FNO2/c1-23-18-8-4-2-6-16(18)20(17-7-3-5-9-19(17)23)21(24)25-15-12-10-14(22)11-13-15/h2-13,20H,1H3. The Morgan fingerprint density at radius 1 is 0.880 bits per heavy atom. The van der Waals surface area contributed by atoms with E-state index in [1.807, 2.05) is 55.6 Å². The van der Waals surface area contributed by atoms with Crippen LogP contribution >= 0.6 is 0 Å². The topological polar surface area (TPSA) is 29.5 Å². The van der Waals surface area contributed by atoms with Crippen LogP contribution in [-0.2, 0) is 4.79 Å². The number of para-hydroxylation sites is 2. The number of rotatable bonds is 2. The number of esters is 1. The van der Waals surface area contributed by atoms with E-state index in [0.717, 1.165) is 22.5 Å². The van der Waals surface area contributed by atoms with E-state index in [9.17, 15) is 9.18 Å². The monoisotopic (exact) mass is 333 g/mol. The first-order valence-corrected chi connectivity index (χ1v) is 8.04. The van der Waals surface area contributed by atoms with Gasteiger partial charge in [-0.2, -0.15) is 0 Å². The van der Waals surface area contributed by atoms with Crippen LogP contribution < -0.4 is 9.64 Å². The smallest absolute Gasteiger partial charge is 0.323 e. The molecule has 0 fully saturated rings. The molecule has 25 heavy (non-hydrogen) atoms. The van der Waals surface area contributed by atoms with Gasteiger partial charge in [0.1, 0.15) is 17.5 Å². The number of nitrogens with zero attached hydrogens (tertiary/aromatic N) is 1. The van der Waals surface area contributed by atoms with Crippen molar-refractivity contribution in [2.75, 3.05) is 11.9 Å². The van der Waals surface area contributed by atoms with E-state index in [4.69, 9.17) is 4.74 Å². The van der Waals surface area contributed by atoms with E-state index >= 15 is 0 Å². The van der Waals surface area contributed by atoms with Gasteiger partial charge in [-0.1, -0.05) is 36.4 Å². The maximum Gasteiger partial charge on any atom is 0.323 e. The lowest BCUT2D eigenvalue weighted by atomic mass is 9.85. The number of carbonyl (C=O) groups is 1. The molecule has 0 aliphatic carbocycles. The molecule has 0 aromatic heterocycles. The van der Waals surface area contributed by atoms with Crippen molar-refractivity contribution in [3.63, 3.8) is 0 Å². The first-order chi connectivity index (χ1) is 12.1. The Morgan fingerprint density at radius 2 is 1.40 bits per heavy atom. The molecule has 124 valence electrons. The maximum absolute atomic E-state index is 13.1. The zero-order valence-electron chi connectivity index (χ0n) is 13.6. The third-order valence-electron chi connectivity index (χ3n) is 4.49. The number of hydrogen-bond donors (Lipinski definition) is 0. The van der Waals surface area contributed by atoms with Gasteiger partial charge in [-0.05, 0) is 47.5 Å². The van der Waals surface area contributed by atoms with Crippen molar-refractivity contribution in [2.24, 2.45) is 0 Å². The molecule has 0 bridgehead atoms. The Morgan fingerprint density at radius 3 is 1.96 bits per heavy atom. The Hall–Kier alpha value is -3.14. The van der Waals surface area contributed by atoms with Crippen molar-refractivity contribution in [2.45, 2.75) is 5.92 Å².